The standard InChI is InChI=1S/C14H17NO4/c1-3-19-12(16)9-5-7-10-6-4-8-11(13(10)15)14(17)18-2/h4-8H,3,9,15H2,1-2H3. The second-order valence-corrected chi connectivity index (χ2v) is 3.71. The number of nitrogen functional groups attached to an aromatic ring is 1. The molecule has 0 bridgehead atoms. The summed E-state index contributed by atoms with van der Waals surface area (Å²) in [5.74, 6) is -0.792. The Hall–Kier alpha value is -2.30. The molecule has 1 aromatic carbocycles. The van der Waals surface area contributed by atoms with Crippen molar-refractivity contribution >= 4 is 23.7 Å². The Morgan fingerprint density at radius 1 is 1.37 bits per heavy atom. The van der Waals surface area contributed by atoms with Crippen molar-refractivity contribution in [3.05, 3.63) is 35.4 Å². The van der Waals surface area contributed by atoms with Crippen molar-refractivity contribution in [2.75, 3.05) is 19.5 Å². The number of carbonyl (C=O) groups excluding carboxylic acids is 2. The third-order valence-corrected chi connectivity index (χ3v) is 2.43. The van der Waals surface area contributed by atoms with Gasteiger partial charge in [-0.25, -0.2) is 4.79 Å². The molecule has 5 heteroatoms. The molecule has 5 nitrogen and oxygen atoms in total. The highest BCUT2D eigenvalue weighted by atomic mass is 16.5. The van der Waals surface area contributed by atoms with Crippen molar-refractivity contribution in [3.63, 3.8) is 0 Å². The molecular weight excluding hydrogens is 246 g/mol. The SMILES string of the molecule is CCOC(=O)CC=Cc1cccc(C(=O)OC)c1N. The summed E-state index contributed by atoms with van der Waals surface area (Å²) in [5, 5.41) is 0. The first kappa shape index (κ1) is 14.8. The van der Waals surface area contributed by atoms with Crippen LogP contribution >= 0.6 is 0 Å². The van der Waals surface area contributed by atoms with E-state index in [1.54, 1.807) is 37.3 Å². The normalized spacial score (nSPS) is 10.4. The molecule has 0 aliphatic heterocycles. The fourth-order valence-electron chi connectivity index (χ4n) is 1.52. The molecule has 0 unspecified atom stereocenters. The van der Waals surface area contributed by atoms with Crippen LogP contribution in [0.5, 0.6) is 0 Å². The first-order valence-electron chi connectivity index (χ1n) is 5.89. The summed E-state index contributed by atoms with van der Waals surface area (Å²) >= 11 is 0. The number of para-hydroxylation sites is 1. The van der Waals surface area contributed by atoms with Crippen LogP contribution in [0.15, 0.2) is 24.3 Å². The van der Waals surface area contributed by atoms with Crippen LogP contribution in [0, 0.1) is 0 Å². The van der Waals surface area contributed by atoms with Gasteiger partial charge in [-0.1, -0.05) is 24.3 Å². The van der Waals surface area contributed by atoms with Crippen LogP contribution in [-0.2, 0) is 14.3 Å². The molecule has 0 amide bonds. The van der Waals surface area contributed by atoms with Crippen LogP contribution in [0.1, 0.15) is 29.3 Å². The van der Waals surface area contributed by atoms with Crippen molar-refractivity contribution < 1.29 is 19.1 Å². The number of carbonyl (C=O) groups is 2. The number of anilines is 1. The molecule has 19 heavy (non-hydrogen) atoms. The highest BCUT2D eigenvalue weighted by Gasteiger charge is 2.11. The fourth-order valence-corrected chi connectivity index (χ4v) is 1.52. The maximum absolute atomic E-state index is 11.5. The Balaban J connectivity index is 2.82. The fraction of sp³-hybridized carbons (Fsp3) is 0.286. The number of benzene rings is 1. The zero-order valence-electron chi connectivity index (χ0n) is 11.0. The van der Waals surface area contributed by atoms with Gasteiger partial charge in [0.25, 0.3) is 0 Å². The highest BCUT2D eigenvalue weighted by Crippen LogP contribution is 2.19. The molecule has 0 radical (unpaired) electrons. The van der Waals surface area contributed by atoms with E-state index < -0.39 is 5.97 Å². The molecule has 1 rings (SSSR count). The minimum absolute atomic E-state index is 0.162. The highest BCUT2D eigenvalue weighted by molar-refractivity contribution is 5.97. The zero-order chi connectivity index (χ0) is 14.3. The van der Waals surface area contributed by atoms with E-state index in [0.29, 0.717) is 23.4 Å². The van der Waals surface area contributed by atoms with Crippen molar-refractivity contribution in [3.8, 4) is 0 Å². The lowest BCUT2D eigenvalue weighted by Gasteiger charge is -2.06. The van der Waals surface area contributed by atoms with E-state index in [0.717, 1.165) is 0 Å². The van der Waals surface area contributed by atoms with Gasteiger partial charge in [-0.2, -0.15) is 0 Å². The zero-order valence-corrected chi connectivity index (χ0v) is 11.0. The summed E-state index contributed by atoms with van der Waals surface area (Å²) < 4.78 is 9.42. The Labute approximate surface area is 112 Å². The van der Waals surface area contributed by atoms with Gasteiger partial charge in [0.15, 0.2) is 0 Å². The lowest BCUT2D eigenvalue weighted by molar-refractivity contribution is -0.142. The number of methoxy groups -OCH3 is 1. The summed E-state index contributed by atoms with van der Waals surface area (Å²) in [6.07, 6.45) is 3.49. The molecule has 0 saturated heterocycles. The topological polar surface area (TPSA) is 78.6 Å². The summed E-state index contributed by atoms with van der Waals surface area (Å²) in [7, 11) is 1.30. The van der Waals surface area contributed by atoms with Gasteiger partial charge >= 0.3 is 11.9 Å². The average molecular weight is 263 g/mol. The van der Waals surface area contributed by atoms with Gasteiger partial charge in [0.2, 0.25) is 0 Å². The minimum atomic E-state index is -0.488. The summed E-state index contributed by atoms with van der Waals surface area (Å²) in [4.78, 5) is 22.6. The van der Waals surface area contributed by atoms with Crippen LogP contribution in [0.2, 0.25) is 0 Å². The molecule has 0 aliphatic carbocycles. The van der Waals surface area contributed by atoms with E-state index in [4.69, 9.17) is 10.5 Å². The van der Waals surface area contributed by atoms with Crippen LogP contribution < -0.4 is 5.73 Å². The number of hydrogen-bond acceptors (Lipinski definition) is 5. The molecule has 0 spiro atoms. The summed E-state index contributed by atoms with van der Waals surface area (Å²) in [6.45, 7) is 2.10. The number of rotatable bonds is 5. The molecule has 2 N–H and O–H groups in total. The number of hydrogen-bond donors (Lipinski definition) is 1. The monoisotopic (exact) mass is 263 g/mol. The first-order chi connectivity index (χ1) is 9.10. The van der Waals surface area contributed by atoms with Crippen LogP contribution in [-0.4, -0.2) is 25.7 Å². The largest absolute Gasteiger partial charge is 0.466 e. The lowest BCUT2D eigenvalue weighted by Crippen LogP contribution is -2.06. The second-order valence-electron chi connectivity index (χ2n) is 3.71. The van der Waals surface area contributed by atoms with E-state index >= 15 is 0 Å². The van der Waals surface area contributed by atoms with Gasteiger partial charge in [0, 0.05) is 0 Å². The van der Waals surface area contributed by atoms with E-state index in [9.17, 15) is 9.59 Å². The van der Waals surface area contributed by atoms with E-state index in [1.807, 2.05) is 0 Å². The molecule has 1 aromatic rings. The quantitative estimate of drug-likeness (QED) is 0.649. The Morgan fingerprint density at radius 2 is 2.11 bits per heavy atom. The average Bonchev–Trinajstić information content (AvgIpc) is 2.40. The van der Waals surface area contributed by atoms with Gasteiger partial charge in [-0.15, -0.1) is 0 Å². The number of ether oxygens (including phenoxy) is 2. The molecular formula is C14H17NO4. The third-order valence-electron chi connectivity index (χ3n) is 2.43. The van der Waals surface area contributed by atoms with Gasteiger partial charge in [0.05, 0.1) is 31.4 Å². The molecule has 0 aliphatic rings. The molecule has 0 atom stereocenters. The van der Waals surface area contributed by atoms with Crippen molar-refractivity contribution in [1.82, 2.24) is 0 Å². The molecule has 102 valence electrons. The maximum atomic E-state index is 11.5. The predicted octanol–water partition coefficient (Wildman–Crippen LogP) is 2.02. The van der Waals surface area contributed by atoms with Crippen LogP contribution in [0.3, 0.4) is 0 Å². The van der Waals surface area contributed by atoms with Crippen LogP contribution in [0.25, 0.3) is 6.08 Å². The molecule has 0 saturated carbocycles. The summed E-state index contributed by atoms with van der Waals surface area (Å²) in [6, 6.07) is 5.04. The van der Waals surface area contributed by atoms with Crippen molar-refractivity contribution in [2.24, 2.45) is 0 Å². The maximum Gasteiger partial charge on any atom is 0.339 e. The van der Waals surface area contributed by atoms with Gasteiger partial charge in [0.1, 0.15) is 0 Å². The van der Waals surface area contributed by atoms with E-state index in [2.05, 4.69) is 4.74 Å². The number of nitrogens with two attached hydrogens (primary N) is 1. The van der Waals surface area contributed by atoms with E-state index in [-0.39, 0.29) is 12.4 Å². The van der Waals surface area contributed by atoms with Gasteiger partial charge in [-0.3, -0.25) is 4.79 Å². The molecule has 0 aromatic heterocycles. The smallest absolute Gasteiger partial charge is 0.339 e. The number of esters is 2. The van der Waals surface area contributed by atoms with Crippen molar-refractivity contribution in [1.29, 1.82) is 0 Å². The second kappa shape index (κ2) is 7.20. The lowest BCUT2D eigenvalue weighted by atomic mass is 10.1. The Morgan fingerprint density at radius 3 is 2.74 bits per heavy atom. The third kappa shape index (κ3) is 4.13. The molecule has 0 fully saturated rings. The Bertz CT molecular complexity index is 494. The minimum Gasteiger partial charge on any atom is -0.466 e. The van der Waals surface area contributed by atoms with Crippen molar-refractivity contribution in [2.45, 2.75) is 13.3 Å². The summed E-state index contributed by atoms with van der Waals surface area (Å²) in [5.41, 5.74) is 7.16. The van der Waals surface area contributed by atoms with E-state index in [1.165, 1.54) is 7.11 Å². The molecule has 0 heterocycles. The van der Waals surface area contributed by atoms with Crippen LogP contribution in [0.4, 0.5) is 5.69 Å². The Kier molecular flexibility index (Phi) is 5.60. The first-order valence-corrected chi connectivity index (χ1v) is 5.89. The van der Waals surface area contributed by atoms with Gasteiger partial charge < -0.3 is 15.2 Å². The predicted molar refractivity (Wildman–Crippen MR) is 72.5 cm³/mol. The van der Waals surface area contributed by atoms with Gasteiger partial charge in [-0.05, 0) is 18.6 Å².